The molecule has 3 nitrogen and oxygen atoms in total. The minimum Gasteiger partial charge on any atom is -0.226 e. The molecule has 1 heterocycles. The van der Waals surface area contributed by atoms with Gasteiger partial charge in [0.25, 0.3) is 0 Å². The van der Waals surface area contributed by atoms with E-state index >= 15 is 0 Å². The van der Waals surface area contributed by atoms with Gasteiger partial charge < -0.3 is 0 Å². The lowest BCUT2D eigenvalue weighted by atomic mass is 10.1. The molecule has 18 heavy (non-hydrogen) atoms. The first-order valence-electron chi connectivity index (χ1n) is 6.06. The van der Waals surface area contributed by atoms with Crippen LogP contribution in [0.25, 0.3) is 0 Å². The summed E-state index contributed by atoms with van der Waals surface area (Å²) in [6, 6.07) is 8.23. The monoisotopic (exact) mass is 259 g/mol. The Morgan fingerprint density at radius 1 is 1.33 bits per heavy atom. The largest absolute Gasteiger partial charge is 0.231 e. The van der Waals surface area contributed by atoms with E-state index in [0.29, 0.717) is 5.92 Å². The fourth-order valence-electron chi connectivity index (χ4n) is 1.61. The van der Waals surface area contributed by atoms with Gasteiger partial charge in [0, 0.05) is 12.6 Å². The van der Waals surface area contributed by atoms with E-state index in [1.807, 2.05) is 18.3 Å². The lowest BCUT2D eigenvalue weighted by Crippen LogP contribution is -1.92. The van der Waals surface area contributed by atoms with Crippen molar-refractivity contribution in [2.45, 2.75) is 27.2 Å². The van der Waals surface area contributed by atoms with E-state index < -0.39 is 0 Å². The molecule has 0 fully saturated rings. The van der Waals surface area contributed by atoms with Crippen LogP contribution in [0.1, 0.15) is 30.0 Å². The standard InChI is InChI=1S/C14H17N3S/c1-10(2)7-13-16-17-14(18-13)15-9-12-6-4-5-11(3)8-12/h4-6,8-10H,7H2,1-3H3. The van der Waals surface area contributed by atoms with Gasteiger partial charge in [-0.25, -0.2) is 4.99 Å². The van der Waals surface area contributed by atoms with Crippen LogP contribution in [-0.2, 0) is 6.42 Å². The summed E-state index contributed by atoms with van der Waals surface area (Å²) < 4.78 is 0. The first kappa shape index (κ1) is 12.9. The Labute approximate surface area is 112 Å². The van der Waals surface area contributed by atoms with Crippen LogP contribution in [0.3, 0.4) is 0 Å². The summed E-state index contributed by atoms with van der Waals surface area (Å²) >= 11 is 1.56. The average molecular weight is 259 g/mol. The molecular weight excluding hydrogens is 242 g/mol. The zero-order chi connectivity index (χ0) is 13.0. The average Bonchev–Trinajstić information content (AvgIpc) is 2.73. The van der Waals surface area contributed by atoms with Gasteiger partial charge in [0.15, 0.2) is 0 Å². The van der Waals surface area contributed by atoms with Gasteiger partial charge in [-0.1, -0.05) is 55.0 Å². The predicted octanol–water partition coefficient (Wildman–Crippen LogP) is 3.80. The number of nitrogens with zero attached hydrogens (tertiary/aromatic N) is 3. The number of hydrogen-bond donors (Lipinski definition) is 0. The van der Waals surface area contributed by atoms with Gasteiger partial charge in [0.1, 0.15) is 5.01 Å². The van der Waals surface area contributed by atoms with Gasteiger partial charge in [-0.2, -0.15) is 0 Å². The molecular formula is C14H17N3S. The number of aromatic nitrogens is 2. The molecule has 94 valence electrons. The Morgan fingerprint density at radius 3 is 2.89 bits per heavy atom. The zero-order valence-electron chi connectivity index (χ0n) is 10.9. The highest BCUT2D eigenvalue weighted by Gasteiger charge is 2.04. The molecule has 0 bridgehead atoms. The zero-order valence-corrected chi connectivity index (χ0v) is 11.7. The van der Waals surface area contributed by atoms with Crippen LogP contribution in [0, 0.1) is 12.8 Å². The summed E-state index contributed by atoms with van der Waals surface area (Å²) in [6.07, 6.45) is 2.81. The summed E-state index contributed by atoms with van der Waals surface area (Å²) in [5, 5.41) is 10.0. The predicted molar refractivity (Wildman–Crippen MR) is 76.9 cm³/mol. The van der Waals surface area contributed by atoms with Crippen molar-refractivity contribution >= 4 is 22.7 Å². The highest BCUT2D eigenvalue weighted by molar-refractivity contribution is 7.14. The number of rotatable bonds is 4. The number of aryl methyl sites for hydroxylation is 1. The molecule has 2 rings (SSSR count). The SMILES string of the molecule is Cc1cccc(C=Nc2nnc(CC(C)C)s2)c1. The fraction of sp³-hybridized carbons (Fsp3) is 0.357. The van der Waals surface area contributed by atoms with E-state index in [9.17, 15) is 0 Å². The minimum absolute atomic E-state index is 0.603. The minimum atomic E-state index is 0.603. The van der Waals surface area contributed by atoms with Crippen molar-refractivity contribution in [2.75, 3.05) is 0 Å². The van der Waals surface area contributed by atoms with Crippen LogP contribution in [0.4, 0.5) is 5.13 Å². The van der Waals surface area contributed by atoms with Crippen molar-refractivity contribution in [3.63, 3.8) is 0 Å². The topological polar surface area (TPSA) is 38.1 Å². The fourth-order valence-corrected chi connectivity index (χ4v) is 2.50. The van der Waals surface area contributed by atoms with Crippen LogP contribution >= 0.6 is 11.3 Å². The van der Waals surface area contributed by atoms with Crippen LogP contribution in [0.2, 0.25) is 0 Å². The molecule has 0 spiro atoms. The third-order valence-corrected chi connectivity index (χ3v) is 3.26. The van der Waals surface area contributed by atoms with Gasteiger partial charge >= 0.3 is 0 Å². The molecule has 0 atom stereocenters. The number of hydrogen-bond acceptors (Lipinski definition) is 4. The van der Waals surface area contributed by atoms with E-state index in [4.69, 9.17) is 0 Å². The normalized spacial score (nSPS) is 11.6. The molecule has 1 aromatic carbocycles. The summed E-state index contributed by atoms with van der Waals surface area (Å²) in [5.74, 6) is 0.603. The smallest absolute Gasteiger partial charge is 0.226 e. The van der Waals surface area contributed by atoms with Crippen LogP contribution in [0.5, 0.6) is 0 Å². The van der Waals surface area contributed by atoms with Gasteiger partial charge in [-0.3, -0.25) is 0 Å². The summed E-state index contributed by atoms with van der Waals surface area (Å²) in [5.41, 5.74) is 2.33. The van der Waals surface area contributed by atoms with Crippen molar-refractivity contribution < 1.29 is 0 Å². The maximum absolute atomic E-state index is 4.37. The third-order valence-electron chi connectivity index (χ3n) is 2.41. The lowest BCUT2D eigenvalue weighted by Gasteiger charge is -1.96. The van der Waals surface area contributed by atoms with Gasteiger partial charge in [0.2, 0.25) is 5.13 Å². The molecule has 2 aromatic rings. The molecule has 0 radical (unpaired) electrons. The van der Waals surface area contributed by atoms with Crippen molar-refractivity contribution in [3.8, 4) is 0 Å². The molecule has 0 saturated heterocycles. The summed E-state index contributed by atoms with van der Waals surface area (Å²) in [7, 11) is 0. The van der Waals surface area contributed by atoms with Crippen molar-refractivity contribution in [1.29, 1.82) is 0 Å². The van der Waals surface area contributed by atoms with E-state index in [1.54, 1.807) is 11.3 Å². The Hall–Kier alpha value is -1.55. The molecule has 0 saturated carbocycles. The van der Waals surface area contributed by atoms with E-state index in [2.05, 4.69) is 48.1 Å². The Kier molecular flexibility index (Phi) is 4.20. The highest BCUT2D eigenvalue weighted by atomic mass is 32.1. The van der Waals surface area contributed by atoms with Crippen LogP contribution < -0.4 is 0 Å². The molecule has 0 aliphatic heterocycles. The lowest BCUT2D eigenvalue weighted by molar-refractivity contribution is 0.640. The molecule has 1 aromatic heterocycles. The maximum atomic E-state index is 4.37. The molecule has 0 aliphatic carbocycles. The molecule has 0 unspecified atom stereocenters. The number of aliphatic imine (C=N–C) groups is 1. The Bertz CT molecular complexity index is 543. The van der Waals surface area contributed by atoms with Gasteiger partial charge in [0.05, 0.1) is 0 Å². The van der Waals surface area contributed by atoms with Crippen molar-refractivity contribution in [2.24, 2.45) is 10.9 Å². The maximum Gasteiger partial charge on any atom is 0.231 e. The summed E-state index contributed by atoms with van der Waals surface area (Å²) in [4.78, 5) is 4.37. The Balaban J connectivity index is 2.07. The first-order valence-corrected chi connectivity index (χ1v) is 6.88. The first-order chi connectivity index (χ1) is 8.63. The van der Waals surface area contributed by atoms with E-state index in [-0.39, 0.29) is 0 Å². The molecule has 0 aliphatic rings. The second kappa shape index (κ2) is 5.87. The summed E-state index contributed by atoms with van der Waals surface area (Å²) in [6.45, 7) is 6.43. The Morgan fingerprint density at radius 2 is 2.17 bits per heavy atom. The highest BCUT2D eigenvalue weighted by Crippen LogP contribution is 2.20. The quantitative estimate of drug-likeness (QED) is 0.783. The molecule has 0 N–H and O–H groups in total. The number of benzene rings is 1. The molecule has 0 amide bonds. The van der Waals surface area contributed by atoms with Gasteiger partial charge in [-0.15, -0.1) is 10.2 Å². The van der Waals surface area contributed by atoms with Crippen molar-refractivity contribution in [1.82, 2.24) is 10.2 Å². The second-order valence-electron chi connectivity index (χ2n) is 4.75. The van der Waals surface area contributed by atoms with Crippen LogP contribution in [0.15, 0.2) is 29.3 Å². The molecule has 4 heteroatoms. The van der Waals surface area contributed by atoms with E-state index in [1.165, 1.54) is 5.56 Å². The van der Waals surface area contributed by atoms with E-state index in [0.717, 1.165) is 22.1 Å². The second-order valence-corrected chi connectivity index (χ2v) is 5.79. The van der Waals surface area contributed by atoms with Crippen LogP contribution in [-0.4, -0.2) is 16.4 Å². The van der Waals surface area contributed by atoms with Gasteiger partial charge in [-0.05, 0) is 18.4 Å². The third kappa shape index (κ3) is 3.74. The van der Waals surface area contributed by atoms with Crippen molar-refractivity contribution in [3.05, 3.63) is 40.4 Å².